The molecule has 236 valence electrons. The fourth-order valence-electron chi connectivity index (χ4n) is 5.31. The maximum absolute atomic E-state index is 13.3. The molecule has 4 rings (SSSR count). The lowest BCUT2D eigenvalue weighted by Crippen LogP contribution is -2.49. The molecule has 0 bridgehead atoms. The van der Waals surface area contributed by atoms with Crippen molar-refractivity contribution in [3.8, 4) is 0 Å². The molecule has 1 saturated carbocycles. The Kier molecular flexibility index (Phi) is 14.2. The van der Waals surface area contributed by atoms with Crippen LogP contribution >= 0.6 is 0 Å². The summed E-state index contributed by atoms with van der Waals surface area (Å²) >= 11 is 0. The molecule has 44 heavy (non-hydrogen) atoms. The van der Waals surface area contributed by atoms with Gasteiger partial charge in [-0.15, -0.1) is 0 Å². The third kappa shape index (κ3) is 10.4. The maximum Gasteiger partial charge on any atom is 0.240 e. The molecule has 2 fully saturated rings. The van der Waals surface area contributed by atoms with E-state index in [1.807, 2.05) is 73.7 Å². The van der Waals surface area contributed by atoms with Gasteiger partial charge in [0.25, 0.3) is 0 Å². The Hall–Kier alpha value is -4.40. The average Bonchev–Trinajstić information content (AvgIpc) is 3.79. The Morgan fingerprint density at radius 1 is 1.05 bits per heavy atom. The first-order valence-electron chi connectivity index (χ1n) is 15.4. The number of allylic oxidation sites excluding steroid dienone is 6. The highest BCUT2D eigenvalue weighted by atomic mass is 16.7. The van der Waals surface area contributed by atoms with Gasteiger partial charge >= 0.3 is 0 Å². The summed E-state index contributed by atoms with van der Waals surface area (Å²) in [5.74, 6) is -1.13. The van der Waals surface area contributed by atoms with E-state index in [0.717, 1.165) is 42.7 Å². The second kappa shape index (κ2) is 18.3. The number of ether oxygens (including phenoxy) is 2. The highest BCUT2D eigenvalue weighted by molar-refractivity contribution is 6.15. The van der Waals surface area contributed by atoms with Gasteiger partial charge < -0.3 is 20.1 Å². The van der Waals surface area contributed by atoms with Crippen LogP contribution in [-0.2, 0) is 28.7 Å². The highest BCUT2D eigenvalue weighted by Gasteiger charge is 2.45. The van der Waals surface area contributed by atoms with Gasteiger partial charge in [-0.05, 0) is 49.8 Å². The summed E-state index contributed by atoms with van der Waals surface area (Å²) in [7, 11) is 1.40. The summed E-state index contributed by atoms with van der Waals surface area (Å²) in [4.78, 5) is 51.4. The lowest BCUT2D eigenvalue weighted by atomic mass is 9.87. The summed E-state index contributed by atoms with van der Waals surface area (Å²) in [6.45, 7) is 6.32. The molecule has 2 N–H and O–H groups in total. The van der Waals surface area contributed by atoms with E-state index in [4.69, 9.17) is 9.47 Å². The number of Topliss-reactive ketones (excluding diaryl/α,β-unsaturated/α-hetero) is 1. The number of benzene rings is 1. The van der Waals surface area contributed by atoms with Gasteiger partial charge in [0.15, 0.2) is 17.3 Å². The third-order valence-electron chi connectivity index (χ3n) is 7.69. The second-order valence-electron chi connectivity index (χ2n) is 10.8. The van der Waals surface area contributed by atoms with Gasteiger partial charge in [-0.2, -0.15) is 0 Å². The van der Waals surface area contributed by atoms with Crippen LogP contribution in [0.2, 0.25) is 0 Å². The Balaban J connectivity index is 0.000000785. The molecule has 0 aromatic heterocycles. The Morgan fingerprint density at radius 2 is 1.70 bits per heavy atom. The number of likely N-dealkylation sites (tertiary alicyclic amines) is 1. The van der Waals surface area contributed by atoms with Crippen LogP contribution in [0.4, 0.5) is 0 Å². The van der Waals surface area contributed by atoms with Crippen molar-refractivity contribution in [2.24, 2.45) is 11.8 Å². The lowest BCUT2D eigenvalue weighted by Gasteiger charge is -2.25. The van der Waals surface area contributed by atoms with E-state index in [1.165, 1.54) is 7.05 Å². The molecule has 2 unspecified atom stereocenters. The molecule has 1 aliphatic carbocycles. The SMILES string of the molecule is C=CC1=C(/C=C\C/C=C/C(=C\CC)NCCC(=O)NC(C(=O)C2CC(=O)N(C)C2=O)C2CCCC2)OCO1.c1ccccc1. The molecule has 9 heteroatoms. The number of carbonyl (C=O) groups excluding carboxylic acids is 4. The fraction of sp³-hybridized carbons (Fsp3) is 0.429. The molecule has 9 nitrogen and oxygen atoms in total. The van der Waals surface area contributed by atoms with Gasteiger partial charge in [0.1, 0.15) is 5.92 Å². The highest BCUT2D eigenvalue weighted by Crippen LogP contribution is 2.31. The van der Waals surface area contributed by atoms with Crippen LogP contribution in [0.25, 0.3) is 0 Å². The normalized spacial score (nSPS) is 19.5. The second-order valence-corrected chi connectivity index (χ2v) is 10.8. The first-order valence-corrected chi connectivity index (χ1v) is 15.4. The van der Waals surface area contributed by atoms with E-state index in [-0.39, 0.29) is 43.2 Å². The van der Waals surface area contributed by atoms with E-state index < -0.39 is 17.9 Å². The quantitative estimate of drug-likeness (QED) is 0.173. The minimum Gasteiger partial charge on any atom is -0.454 e. The van der Waals surface area contributed by atoms with Gasteiger partial charge in [0.2, 0.25) is 24.5 Å². The standard InChI is InChI=1S/C29H39N3O6.C6H6/c1-4-11-21(14-7-6-8-15-24-23(5-2)37-19-38-24)30-17-16-25(33)31-27(20-12-9-10-13-20)28(35)22-18-26(34)32(3)29(22)36;1-2-4-6-5-3-1/h5,7-8,11,14-15,20,22,27,30H,2,4,6,9-10,12-13,16-19H2,1,3H3,(H,31,33);1-6H/b14-7+,15-8-,21-11+;. The molecule has 0 spiro atoms. The number of hydrogen-bond donors (Lipinski definition) is 2. The number of ketones is 1. The molecular weight excluding hydrogens is 558 g/mol. The minimum atomic E-state index is -0.998. The van der Waals surface area contributed by atoms with Crippen molar-refractivity contribution in [3.63, 3.8) is 0 Å². The third-order valence-corrected chi connectivity index (χ3v) is 7.69. The van der Waals surface area contributed by atoms with E-state index in [0.29, 0.717) is 24.5 Å². The van der Waals surface area contributed by atoms with Crippen LogP contribution < -0.4 is 10.6 Å². The molecule has 1 aromatic carbocycles. The molecular formula is C35H45N3O6. The predicted molar refractivity (Wildman–Crippen MR) is 169 cm³/mol. The first-order chi connectivity index (χ1) is 21.3. The molecule has 1 saturated heterocycles. The maximum atomic E-state index is 13.3. The summed E-state index contributed by atoms with van der Waals surface area (Å²) in [5, 5.41) is 6.17. The Labute approximate surface area is 260 Å². The zero-order valence-electron chi connectivity index (χ0n) is 25.8. The van der Waals surface area contributed by atoms with Crippen molar-refractivity contribution in [1.29, 1.82) is 0 Å². The van der Waals surface area contributed by atoms with E-state index in [9.17, 15) is 19.2 Å². The number of nitrogens with zero attached hydrogens (tertiary/aromatic N) is 1. The number of hydrogen-bond acceptors (Lipinski definition) is 7. The van der Waals surface area contributed by atoms with Crippen molar-refractivity contribution < 1.29 is 28.7 Å². The number of rotatable bonds is 14. The number of carbonyl (C=O) groups is 4. The molecule has 2 atom stereocenters. The zero-order valence-corrected chi connectivity index (χ0v) is 25.8. The Morgan fingerprint density at radius 3 is 2.30 bits per heavy atom. The average molecular weight is 604 g/mol. The summed E-state index contributed by atoms with van der Waals surface area (Å²) in [5.41, 5.74) is 0.904. The summed E-state index contributed by atoms with van der Waals surface area (Å²) < 4.78 is 10.7. The molecule has 3 aliphatic rings. The van der Waals surface area contributed by atoms with Crippen LogP contribution in [0.15, 0.2) is 96.6 Å². The van der Waals surface area contributed by atoms with Crippen LogP contribution in [0.1, 0.15) is 58.3 Å². The number of nitrogens with one attached hydrogen (secondary N) is 2. The van der Waals surface area contributed by atoms with Gasteiger partial charge in [0, 0.05) is 32.1 Å². The summed E-state index contributed by atoms with van der Waals surface area (Å²) in [6, 6.07) is 11.3. The van der Waals surface area contributed by atoms with Crippen molar-refractivity contribution in [2.75, 3.05) is 20.4 Å². The minimum absolute atomic E-state index is 0.000675. The van der Waals surface area contributed by atoms with Crippen LogP contribution in [-0.4, -0.2) is 54.8 Å². The lowest BCUT2D eigenvalue weighted by molar-refractivity contribution is -0.141. The van der Waals surface area contributed by atoms with Gasteiger partial charge in [0.05, 0.1) is 6.04 Å². The molecule has 1 aromatic rings. The van der Waals surface area contributed by atoms with Crippen LogP contribution in [0.3, 0.4) is 0 Å². The molecule has 3 amide bonds. The van der Waals surface area contributed by atoms with Crippen molar-refractivity contribution >= 4 is 23.5 Å². The number of amides is 3. The van der Waals surface area contributed by atoms with Crippen LogP contribution in [0.5, 0.6) is 0 Å². The molecule has 2 aliphatic heterocycles. The van der Waals surface area contributed by atoms with Gasteiger partial charge in [-0.25, -0.2) is 0 Å². The first kappa shape index (κ1) is 34.1. The van der Waals surface area contributed by atoms with Gasteiger partial charge in [-0.1, -0.05) is 81.0 Å². The number of imide groups is 1. The van der Waals surface area contributed by atoms with Crippen LogP contribution in [0, 0.1) is 11.8 Å². The fourth-order valence-corrected chi connectivity index (χ4v) is 5.31. The van der Waals surface area contributed by atoms with Gasteiger partial charge in [-0.3, -0.25) is 24.1 Å². The van der Waals surface area contributed by atoms with Crippen molar-refractivity contribution in [3.05, 3.63) is 96.6 Å². The zero-order chi connectivity index (χ0) is 31.7. The van der Waals surface area contributed by atoms with Crippen molar-refractivity contribution in [1.82, 2.24) is 15.5 Å². The predicted octanol–water partition coefficient (Wildman–Crippen LogP) is 5.10. The van der Waals surface area contributed by atoms with Crippen molar-refractivity contribution in [2.45, 2.75) is 64.3 Å². The van der Waals surface area contributed by atoms with E-state index in [1.54, 1.807) is 6.08 Å². The smallest absolute Gasteiger partial charge is 0.240 e. The molecule has 0 radical (unpaired) electrons. The molecule has 2 heterocycles. The summed E-state index contributed by atoms with van der Waals surface area (Å²) in [6.07, 6.45) is 16.6. The van der Waals surface area contributed by atoms with E-state index in [2.05, 4.69) is 17.2 Å². The monoisotopic (exact) mass is 603 g/mol. The Bertz CT molecular complexity index is 1230. The largest absolute Gasteiger partial charge is 0.454 e. The van der Waals surface area contributed by atoms with E-state index >= 15 is 0 Å². The topological polar surface area (TPSA) is 114 Å².